The Balaban J connectivity index is 1.79. The van der Waals surface area contributed by atoms with Crippen LogP contribution in [0, 0.1) is 11.8 Å². The van der Waals surface area contributed by atoms with Crippen LogP contribution in [0.5, 0.6) is 5.75 Å². The third kappa shape index (κ3) is 5.45. The molecule has 2 aromatic heterocycles. The second kappa shape index (κ2) is 10.6. The lowest BCUT2D eigenvalue weighted by molar-refractivity contribution is 0.0981. The number of ether oxygens (including phenoxy) is 1. The van der Waals surface area contributed by atoms with Gasteiger partial charge in [0.1, 0.15) is 11.6 Å². The molecule has 1 aliphatic heterocycles. The van der Waals surface area contributed by atoms with Crippen LogP contribution in [0.15, 0.2) is 64.4 Å². The number of carbonyl (C=O) groups excluding carboxylic acids is 1. The SMILES string of the molecule is CC(C)COc1ccccc1-c1ccc(C(=O)NS(=O)(=O)c2ccc[nH]c2=O)c(N2CCC(C)C2(C)C)n1. The lowest BCUT2D eigenvalue weighted by Crippen LogP contribution is -2.44. The van der Waals surface area contributed by atoms with Crippen LogP contribution in [0.1, 0.15) is 51.4 Å². The zero-order valence-corrected chi connectivity index (χ0v) is 23.1. The third-order valence-corrected chi connectivity index (χ3v) is 8.45. The van der Waals surface area contributed by atoms with E-state index >= 15 is 0 Å². The zero-order chi connectivity index (χ0) is 27.7. The number of H-pyrrole nitrogens is 1. The summed E-state index contributed by atoms with van der Waals surface area (Å²) in [7, 11) is -4.41. The second-order valence-electron chi connectivity index (χ2n) is 10.6. The van der Waals surface area contributed by atoms with Gasteiger partial charge in [-0.1, -0.05) is 32.9 Å². The van der Waals surface area contributed by atoms with Gasteiger partial charge in [-0.05, 0) is 68.5 Å². The number of sulfonamides is 1. The molecule has 0 spiro atoms. The molecule has 1 fully saturated rings. The normalized spacial score (nSPS) is 17.0. The summed E-state index contributed by atoms with van der Waals surface area (Å²) in [5, 5.41) is 0. The van der Waals surface area contributed by atoms with Gasteiger partial charge in [0.2, 0.25) is 0 Å². The first-order chi connectivity index (χ1) is 17.9. The molecule has 202 valence electrons. The van der Waals surface area contributed by atoms with Crippen molar-refractivity contribution < 1.29 is 17.9 Å². The Morgan fingerprint density at radius 1 is 1.18 bits per heavy atom. The van der Waals surface area contributed by atoms with Crippen LogP contribution in [0.25, 0.3) is 11.3 Å². The molecule has 3 aromatic rings. The van der Waals surface area contributed by atoms with Crippen molar-refractivity contribution in [3.8, 4) is 17.0 Å². The van der Waals surface area contributed by atoms with Crippen molar-refractivity contribution >= 4 is 21.7 Å². The minimum absolute atomic E-state index is 0.104. The van der Waals surface area contributed by atoms with Gasteiger partial charge in [-0.15, -0.1) is 0 Å². The minimum atomic E-state index is -4.41. The van der Waals surface area contributed by atoms with Crippen molar-refractivity contribution in [3.05, 3.63) is 70.6 Å². The molecular weight excluding hydrogens is 504 g/mol. The third-order valence-electron chi connectivity index (χ3n) is 7.10. The molecule has 3 heterocycles. The number of aromatic nitrogens is 2. The standard InChI is InChI=1S/C28H34N4O5S/c1-18(2)17-37-23-10-7-6-9-20(23)22-13-12-21(25(30-22)32-16-14-19(3)28(32,4)5)26(33)31-38(35,36)24-11-8-15-29-27(24)34/h6-13,15,18-19H,14,16-17H2,1-5H3,(H,29,34)(H,31,33). The molecule has 0 radical (unpaired) electrons. The van der Waals surface area contributed by atoms with Crippen molar-refractivity contribution in [1.29, 1.82) is 0 Å². The number of aromatic amines is 1. The largest absolute Gasteiger partial charge is 0.493 e. The first-order valence-corrected chi connectivity index (χ1v) is 14.2. The van der Waals surface area contributed by atoms with Gasteiger partial charge in [-0.2, -0.15) is 0 Å². The van der Waals surface area contributed by atoms with Gasteiger partial charge in [0.05, 0.1) is 17.9 Å². The van der Waals surface area contributed by atoms with Gasteiger partial charge in [0.25, 0.3) is 21.5 Å². The highest BCUT2D eigenvalue weighted by Crippen LogP contribution is 2.40. The molecule has 10 heteroatoms. The van der Waals surface area contributed by atoms with Crippen LogP contribution in [0.3, 0.4) is 0 Å². The van der Waals surface area contributed by atoms with E-state index in [2.05, 4.69) is 49.2 Å². The quantitative estimate of drug-likeness (QED) is 0.440. The van der Waals surface area contributed by atoms with Gasteiger partial charge in [-0.25, -0.2) is 18.1 Å². The van der Waals surface area contributed by atoms with E-state index in [-0.39, 0.29) is 11.1 Å². The maximum absolute atomic E-state index is 13.4. The molecule has 38 heavy (non-hydrogen) atoms. The zero-order valence-electron chi connectivity index (χ0n) is 22.3. The number of amides is 1. The van der Waals surface area contributed by atoms with Crippen LogP contribution in [0.2, 0.25) is 0 Å². The number of nitrogens with one attached hydrogen (secondary N) is 2. The molecule has 1 unspecified atom stereocenters. The summed E-state index contributed by atoms with van der Waals surface area (Å²) in [4.78, 5) is 34.2. The fourth-order valence-corrected chi connectivity index (χ4v) is 5.53. The molecule has 1 aliphatic rings. The van der Waals surface area contributed by atoms with Gasteiger partial charge in [0, 0.05) is 23.8 Å². The first kappa shape index (κ1) is 27.4. The Bertz CT molecular complexity index is 1500. The molecule has 1 saturated heterocycles. The number of pyridine rings is 2. The summed E-state index contributed by atoms with van der Waals surface area (Å²) in [5.74, 6) is 0.851. The number of rotatable bonds is 8. The number of benzene rings is 1. The van der Waals surface area contributed by atoms with Crippen LogP contribution in [-0.2, 0) is 10.0 Å². The Hall–Kier alpha value is -3.66. The Morgan fingerprint density at radius 3 is 2.58 bits per heavy atom. The van der Waals surface area contributed by atoms with E-state index < -0.39 is 26.4 Å². The van der Waals surface area contributed by atoms with Crippen molar-refractivity contribution in [3.63, 3.8) is 0 Å². The van der Waals surface area contributed by atoms with E-state index in [1.807, 2.05) is 24.3 Å². The fourth-order valence-electron chi connectivity index (χ4n) is 4.50. The summed E-state index contributed by atoms with van der Waals surface area (Å²) in [6.45, 7) is 11.6. The predicted octanol–water partition coefficient (Wildman–Crippen LogP) is 4.22. The molecule has 1 atom stereocenters. The first-order valence-electron chi connectivity index (χ1n) is 12.7. The topological polar surface area (TPSA) is 121 Å². The number of hydrogen-bond donors (Lipinski definition) is 2. The number of anilines is 1. The smallest absolute Gasteiger partial charge is 0.269 e. The van der Waals surface area contributed by atoms with E-state index in [4.69, 9.17) is 9.72 Å². The van der Waals surface area contributed by atoms with Gasteiger partial charge in [-0.3, -0.25) is 9.59 Å². The molecule has 1 amide bonds. The summed E-state index contributed by atoms with van der Waals surface area (Å²) >= 11 is 0. The average Bonchev–Trinajstić information content (AvgIpc) is 3.14. The molecule has 2 N–H and O–H groups in total. The number of carbonyl (C=O) groups is 1. The fraction of sp³-hybridized carbons (Fsp3) is 0.393. The maximum atomic E-state index is 13.4. The Kier molecular flexibility index (Phi) is 7.64. The number of para-hydroxylation sites is 1. The Labute approximate surface area is 223 Å². The van der Waals surface area contributed by atoms with E-state index in [1.165, 1.54) is 12.3 Å². The monoisotopic (exact) mass is 538 g/mol. The number of nitrogens with zero attached hydrogens (tertiary/aromatic N) is 2. The average molecular weight is 539 g/mol. The molecule has 0 aliphatic carbocycles. The summed E-state index contributed by atoms with van der Waals surface area (Å²) in [5.41, 5.74) is 0.342. The van der Waals surface area contributed by atoms with Crippen molar-refractivity contribution in [2.24, 2.45) is 11.8 Å². The summed E-state index contributed by atoms with van der Waals surface area (Å²) in [6.07, 6.45) is 2.22. The Morgan fingerprint density at radius 2 is 1.92 bits per heavy atom. The van der Waals surface area contributed by atoms with E-state index in [9.17, 15) is 18.0 Å². The van der Waals surface area contributed by atoms with E-state index in [1.54, 1.807) is 12.1 Å². The van der Waals surface area contributed by atoms with Gasteiger partial charge < -0.3 is 14.6 Å². The maximum Gasteiger partial charge on any atom is 0.269 e. The van der Waals surface area contributed by atoms with Crippen LogP contribution >= 0.6 is 0 Å². The highest BCUT2D eigenvalue weighted by atomic mass is 32.2. The molecular formula is C28H34N4O5S. The molecule has 4 rings (SSSR count). The summed E-state index contributed by atoms with van der Waals surface area (Å²) < 4.78 is 33.9. The number of hydrogen-bond acceptors (Lipinski definition) is 7. The lowest BCUT2D eigenvalue weighted by Gasteiger charge is -2.36. The van der Waals surface area contributed by atoms with Crippen LogP contribution in [-0.4, -0.2) is 43.0 Å². The summed E-state index contributed by atoms with van der Waals surface area (Å²) in [6, 6.07) is 13.4. The highest BCUT2D eigenvalue weighted by molar-refractivity contribution is 7.90. The highest BCUT2D eigenvalue weighted by Gasteiger charge is 2.41. The molecule has 1 aromatic carbocycles. The molecule has 9 nitrogen and oxygen atoms in total. The molecule has 0 saturated carbocycles. The second-order valence-corrected chi connectivity index (χ2v) is 12.2. The van der Waals surface area contributed by atoms with Crippen molar-refractivity contribution in [1.82, 2.24) is 14.7 Å². The van der Waals surface area contributed by atoms with E-state index in [0.29, 0.717) is 42.2 Å². The van der Waals surface area contributed by atoms with Gasteiger partial charge >= 0.3 is 0 Å². The van der Waals surface area contributed by atoms with Crippen molar-refractivity contribution in [2.75, 3.05) is 18.1 Å². The van der Waals surface area contributed by atoms with Crippen LogP contribution in [0.4, 0.5) is 5.82 Å². The van der Waals surface area contributed by atoms with Gasteiger partial charge in [0.15, 0.2) is 4.90 Å². The van der Waals surface area contributed by atoms with Crippen molar-refractivity contribution in [2.45, 2.75) is 51.5 Å². The van der Waals surface area contributed by atoms with E-state index in [0.717, 1.165) is 18.1 Å². The van der Waals surface area contributed by atoms with Crippen LogP contribution < -0.4 is 19.9 Å². The molecule has 0 bridgehead atoms. The lowest BCUT2D eigenvalue weighted by atomic mass is 9.90. The predicted molar refractivity (Wildman–Crippen MR) is 147 cm³/mol. The minimum Gasteiger partial charge on any atom is -0.493 e.